The molecule has 0 saturated carbocycles. The van der Waals surface area contributed by atoms with Gasteiger partial charge in [-0.25, -0.2) is 19.9 Å². The summed E-state index contributed by atoms with van der Waals surface area (Å²) in [5.41, 5.74) is 2.68. The van der Waals surface area contributed by atoms with E-state index in [1.54, 1.807) is 34.2 Å². The second-order valence-corrected chi connectivity index (χ2v) is 8.27. The van der Waals surface area contributed by atoms with Crippen molar-refractivity contribution in [3.63, 3.8) is 0 Å². The molecule has 4 aromatic rings. The van der Waals surface area contributed by atoms with Crippen molar-refractivity contribution in [1.82, 2.24) is 39.7 Å². The number of amides is 2. The summed E-state index contributed by atoms with van der Waals surface area (Å²) >= 11 is 6.69. The summed E-state index contributed by atoms with van der Waals surface area (Å²) in [5, 5.41) is 5.54. The summed E-state index contributed by atoms with van der Waals surface area (Å²) in [4.78, 5) is 41.3. The number of hydrogen-bond acceptors (Lipinski definition) is 6. The molecule has 0 saturated heterocycles. The smallest absolute Gasteiger partial charge is 0.240 e. The molecule has 0 aliphatic rings. The van der Waals surface area contributed by atoms with Gasteiger partial charge in [-0.2, -0.15) is 0 Å². The predicted octanol–water partition coefficient (Wildman–Crippen LogP) is 1.63. The monoisotopic (exact) mass is 534 g/mol. The molecule has 2 N–H and O–H groups in total. The number of carbonyl (C=O) groups is 2. The Kier molecular flexibility index (Phi) is 6.04. The van der Waals surface area contributed by atoms with Crippen LogP contribution >= 0.6 is 31.9 Å². The number of imidazole rings is 2. The minimum atomic E-state index is -0.191. The van der Waals surface area contributed by atoms with E-state index in [1.807, 2.05) is 12.1 Å². The topological polar surface area (TPSA) is 120 Å². The normalized spacial score (nSPS) is 11.1. The Hall–Kier alpha value is -2.86. The molecule has 4 aromatic heterocycles. The standard InChI is InChI=1S/C18H16Br2N8O2/c19-11-3-13-17(23-5-11)27(9-25-13)7-15(29)21-1-2-22-16(30)8-28-10-26-14-4-12(20)6-24-18(14)28/h3-6,9-10H,1-2,7-8H2,(H,21,29)(H,22,30). The molecule has 0 spiro atoms. The molecule has 154 valence electrons. The average molecular weight is 536 g/mol. The van der Waals surface area contributed by atoms with Gasteiger partial charge in [-0.05, 0) is 44.0 Å². The number of pyridine rings is 2. The van der Waals surface area contributed by atoms with E-state index in [4.69, 9.17) is 0 Å². The van der Waals surface area contributed by atoms with Crippen molar-refractivity contribution in [3.05, 3.63) is 46.1 Å². The molecule has 0 bridgehead atoms. The van der Waals surface area contributed by atoms with Gasteiger partial charge in [0.1, 0.15) is 24.1 Å². The minimum Gasteiger partial charge on any atom is -0.353 e. The maximum absolute atomic E-state index is 12.2. The van der Waals surface area contributed by atoms with Crippen LogP contribution in [0.3, 0.4) is 0 Å². The average Bonchev–Trinajstić information content (AvgIpc) is 3.28. The van der Waals surface area contributed by atoms with Gasteiger partial charge >= 0.3 is 0 Å². The fourth-order valence-electron chi connectivity index (χ4n) is 2.90. The first kappa shape index (κ1) is 20.4. The predicted molar refractivity (Wildman–Crippen MR) is 116 cm³/mol. The van der Waals surface area contributed by atoms with Crippen molar-refractivity contribution in [3.8, 4) is 0 Å². The van der Waals surface area contributed by atoms with E-state index in [0.29, 0.717) is 35.4 Å². The quantitative estimate of drug-likeness (QED) is 0.347. The van der Waals surface area contributed by atoms with Crippen LogP contribution in [0.5, 0.6) is 0 Å². The zero-order chi connectivity index (χ0) is 21.1. The summed E-state index contributed by atoms with van der Waals surface area (Å²) in [6.07, 6.45) is 6.47. The van der Waals surface area contributed by atoms with Crippen molar-refractivity contribution < 1.29 is 9.59 Å². The summed E-state index contributed by atoms with van der Waals surface area (Å²) in [7, 11) is 0. The Labute approximate surface area is 187 Å². The second kappa shape index (κ2) is 8.88. The lowest BCUT2D eigenvalue weighted by atomic mass is 10.4. The lowest BCUT2D eigenvalue weighted by molar-refractivity contribution is -0.123. The fourth-order valence-corrected chi connectivity index (χ4v) is 3.54. The first-order valence-corrected chi connectivity index (χ1v) is 10.5. The Bertz CT molecular complexity index is 1140. The van der Waals surface area contributed by atoms with Gasteiger partial charge in [0.15, 0.2) is 11.3 Å². The highest BCUT2D eigenvalue weighted by Crippen LogP contribution is 2.16. The number of fused-ring (bicyclic) bond motifs is 2. The molecule has 0 aliphatic heterocycles. The molecule has 2 amide bonds. The van der Waals surface area contributed by atoms with E-state index in [0.717, 1.165) is 8.95 Å². The zero-order valence-electron chi connectivity index (χ0n) is 15.5. The molecule has 0 aromatic carbocycles. The maximum atomic E-state index is 12.2. The van der Waals surface area contributed by atoms with Gasteiger partial charge in [0.25, 0.3) is 0 Å². The van der Waals surface area contributed by atoms with Crippen molar-refractivity contribution in [2.75, 3.05) is 13.1 Å². The largest absolute Gasteiger partial charge is 0.353 e. The number of nitrogens with one attached hydrogen (secondary N) is 2. The van der Waals surface area contributed by atoms with Crippen molar-refractivity contribution in [2.45, 2.75) is 13.1 Å². The summed E-state index contributed by atoms with van der Waals surface area (Å²) < 4.78 is 5.00. The minimum absolute atomic E-state index is 0.0985. The first-order valence-electron chi connectivity index (χ1n) is 8.96. The molecule has 0 fully saturated rings. The number of rotatable bonds is 7. The third-order valence-corrected chi connectivity index (χ3v) is 5.11. The van der Waals surface area contributed by atoms with Crippen LogP contribution in [0.4, 0.5) is 0 Å². The Morgan fingerprint density at radius 3 is 1.63 bits per heavy atom. The summed E-state index contributed by atoms with van der Waals surface area (Å²) in [6, 6.07) is 3.67. The molecule has 4 rings (SSSR count). The highest BCUT2D eigenvalue weighted by molar-refractivity contribution is 9.10. The van der Waals surface area contributed by atoms with Crippen LogP contribution in [-0.4, -0.2) is 54.0 Å². The third-order valence-electron chi connectivity index (χ3n) is 4.24. The molecule has 30 heavy (non-hydrogen) atoms. The molecular weight excluding hydrogens is 520 g/mol. The van der Waals surface area contributed by atoms with Gasteiger partial charge in [-0.1, -0.05) is 0 Å². The van der Waals surface area contributed by atoms with E-state index < -0.39 is 0 Å². The van der Waals surface area contributed by atoms with Gasteiger partial charge < -0.3 is 19.8 Å². The van der Waals surface area contributed by atoms with Crippen molar-refractivity contribution in [1.29, 1.82) is 0 Å². The van der Waals surface area contributed by atoms with E-state index in [1.165, 1.54) is 0 Å². The van der Waals surface area contributed by atoms with Crippen LogP contribution in [0.25, 0.3) is 22.3 Å². The Morgan fingerprint density at radius 1 is 0.767 bits per heavy atom. The van der Waals surface area contributed by atoms with Gasteiger partial charge in [0, 0.05) is 34.4 Å². The van der Waals surface area contributed by atoms with Crippen LogP contribution in [0.1, 0.15) is 0 Å². The Morgan fingerprint density at radius 2 is 1.20 bits per heavy atom. The zero-order valence-corrected chi connectivity index (χ0v) is 18.7. The van der Waals surface area contributed by atoms with Crippen molar-refractivity contribution >= 4 is 66.0 Å². The van der Waals surface area contributed by atoms with E-state index in [2.05, 4.69) is 62.4 Å². The van der Waals surface area contributed by atoms with E-state index in [9.17, 15) is 9.59 Å². The van der Waals surface area contributed by atoms with Crippen molar-refractivity contribution in [2.24, 2.45) is 0 Å². The number of carbonyl (C=O) groups excluding carboxylic acids is 2. The van der Waals surface area contributed by atoms with Gasteiger partial charge in [-0.3, -0.25) is 9.59 Å². The molecule has 0 radical (unpaired) electrons. The highest BCUT2D eigenvalue weighted by atomic mass is 79.9. The molecule has 0 atom stereocenters. The lowest BCUT2D eigenvalue weighted by Gasteiger charge is -2.08. The van der Waals surface area contributed by atoms with Crippen LogP contribution < -0.4 is 10.6 Å². The molecular formula is C18H16Br2N8O2. The SMILES string of the molecule is O=C(Cn1cnc2cc(Br)cnc21)NCCNC(=O)Cn1cnc2cc(Br)cnc21. The highest BCUT2D eigenvalue weighted by Gasteiger charge is 2.10. The number of nitrogens with zero attached hydrogens (tertiary/aromatic N) is 6. The molecule has 0 aliphatic carbocycles. The van der Waals surface area contributed by atoms with Gasteiger partial charge in [-0.15, -0.1) is 0 Å². The summed E-state index contributed by atoms with van der Waals surface area (Å²) in [5.74, 6) is -0.382. The molecule has 10 nitrogen and oxygen atoms in total. The van der Waals surface area contributed by atoms with E-state index in [-0.39, 0.29) is 24.9 Å². The molecule has 4 heterocycles. The van der Waals surface area contributed by atoms with Crippen LogP contribution in [0.2, 0.25) is 0 Å². The number of halogens is 2. The lowest BCUT2D eigenvalue weighted by Crippen LogP contribution is -2.37. The van der Waals surface area contributed by atoms with Gasteiger partial charge in [0.05, 0.1) is 12.7 Å². The molecule has 0 unspecified atom stereocenters. The Balaban J connectivity index is 1.23. The van der Waals surface area contributed by atoms with Gasteiger partial charge in [0.2, 0.25) is 11.8 Å². The van der Waals surface area contributed by atoms with Crippen LogP contribution in [0.15, 0.2) is 46.1 Å². The number of hydrogen-bond donors (Lipinski definition) is 2. The third kappa shape index (κ3) is 4.65. The molecule has 12 heteroatoms. The summed E-state index contributed by atoms with van der Waals surface area (Å²) in [6.45, 7) is 0.820. The fraction of sp³-hybridized carbons (Fsp3) is 0.222. The van der Waals surface area contributed by atoms with Crippen LogP contribution in [0, 0.1) is 0 Å². The first-order chi connectivity index (χ1) is 14.5. The second-order valence-electron chi connectivity index (χ2n) is 6.44. The number of aromatic nitrogens is 6. The van der Waals surface area contributed by atoms with Crippen LogP contribution in [-0.2, 0) is 22.7 Å². The maximum Gasteiger partial charge on any atom is 0.240 e. The van der Waals surface area contributed by atoms with E-state index >= 15 is 0 Å².